The Morgan fingerprint density at radius 1 is 0.929 bits per heavy atom. The van der Waals surface area contributed by atoms with E-state index in [1.54, 1.807) is 0 Å². The summed E-state index contributed by atoms with van der Waals surface area (Å²) in [7, 11) is 0. The van der Waals surface area contributed by atoms with Gasteiger partial charge in [-0.2, -0.15) is 0 Å². The molecule has 0 heterocycles. The normalized spacial score (nSPS) is 23.8. The van der Waals surface area contributed by atoms with Crippen LogP contribution in [0.4, 0.5) is 0 Å². The van der Waals surface area contributed by atoms with E-state index in [4.69, 9.17) is 0 Å². The molecule has 2 saturated carbocycles. The van der Waals surface area contributed by atoms with Crippen LogP contribution in [-0.4, -0.2) is 35.5 Å². The summed E-state index contributed by atoms with van der Waals surface area (Å²) >= 11 is 0. The highest BCUT2D eigenvalue weighted by Crippen LogP contribution is 2.29. The summed E-state index contributed by atoms with van der Waals surface area (Å²) < 4.78 is 0. The first-order chi connectivity index (χ1) is 13.4. The zero-order valence-corrected chi connectivity index (χ0v) is 17.6. The molecule has 3 N–H and O–H groups in total. The molecule has 6 nitrogen and oxygen atoms in total. The highest BCUT2D eigenvalue weighted by atomic mass is 16.4. The molecule has 0 radical (unpaired) electrons. The van der Waals surface area contributed by atoms with Crippen LogP contribution in [0.2, 0.25) is 0 Å². The lowest BCUT2D eigenvalue weighted by molar-refractivity contribution is -0.149. The number of carboxylic acids is 1. The third-order valence-electron chi connectivity index (χ3n) is 7.07. The monoisotopic (exact) mass is 394 g/mol. The summed E-state index contributed by atoms with van der Waals surface area (Å²) in [5, 5.41) is 15.5. The Morgan fingerprint density at radius 2 is 1.54 bits per heavy atom. The number of carbonyl (C=O) groups excluding carboxylic acids is 2. The fourth-order valence-corrected chi connectivity index (χ4v) is 4.72. The Labute approximate surface area is 169 Å². The van der Waals surface area contributed by atoms with Crippen molar-refractivity contribution >= 4 is 17.8 Å². The van der Waals surface area contributed by atoms with E-state index in [0.29, 0.717) is 25.2 Å². The first-order valence-electron chi connectivity index (χ1n) is 11.2. The van der Waals surface area contributed by atoms with Gasteiger partial charge in [0.25, 0.3) is 0 Å². The predicted octanol–water partition coefficient (Wildman–Crippen LogP) is 3.64. The van der Waals surface area contributed by atoms with Crippen molar-refractivity contribution in [3.63, 3.8) is 0 Å². The van der Waals surface area contributed by atoms with Crippen molar-refractivity contribution in [2.45, 2.75) is 96.9 Å². The van der Waals surface area contributed by atoms with Crippen molar-refractivity contribution < 1.29 is 19.5 Å². The van der Waals surface area contributed by atoms with Crippen molar-refractivity contribution in [3.8, 4) is 0 Å². The maximum atomic E-state index is 12.5. The van der Waals surface area contributed by atoms with Crippen LogP contribution < -0.4 is 10.6 Å². The molecule has 2 rings (SSSR count). The Bertz CT molecular complexity index is 531. The average molecular weight is 395 g/mol. The lowest BCUT2D eigenvalue weighted by atomic mass is 9.81. The Morgan fingerprint density at radius 3 is 2.07 bits per heavy atom. The van der Waals surface area contributed by atoms with Gasteiger partial charge in [0.05, 0.1) is 5.41 Å². The van der Waals surface area contributed by atoms with Crippen molar-refractivity contribution in [1.82, 2.24) is 10.6 Å². The van der Waals surface area contributed by atoms with Gasteiger partial charge in [-0.3, -0.25) is 14.4 Å². The second kappa shape index (κ2) is 10.8. The van der Waals surface area contributed by atoms with E-state index < -0.39 is 11.4 Å². The molecule has 0 bridgehead atoms. The van der Waals surface area contributed by atoms with Crippen LogP contribution in [0.1, 0.15) is 90.9 Å². The summed E-state index contributed by atoms with van der Waals surface area (Å²) in [6.45, 7) is 3.89. The van der Waals surface area contributed by atoms with E-state index in [1.165, 1.54) is 32.1 Å². The van der Waals surface area contributed by atoms with E-state index in [0.717, 1.165) is 25.7 Å². The number of carboxylic acid groups (broad SMARTS) is 1. The van der Waals surface area contributed by atoms with Crippen LogP contribution in [0.3, 0.4) is 0 Å². The molecule has 0 saturated heterocycles. The second-order valence-electron chi connectivity index (χ2n) is 8.83. The average Bonchev–Trinajstić information content (AvgIpc) is 2.70. The third-order valence-corrected chi connectivity index (χ3v) is 7.07. The van der Waals surface area contributed by atoms with Crippen molar-refractivity contribution in [2.75, 3.05) is 6.54 Å². The Kier molecular flexibility index (Phi) is 8.77. The quantitative estimate of drug-likeness (QED) is 0.556. The van der Waals surface area contributed by atoms with Crippen LogP contribution in [-0.2, 0) is 14.4 Å². The van der Waals surface area contributed by atoms with Gasteiger partial charge >= 0.3 is 5.97 Å². The highest BCUT2D eigenvalue weighted by Gasteiger charge is 2.36. The minimum atomic E-state index is -0.875. The molecule has 0 aromatic carbocycles. The minimum absolute atomic E-state index is 0.0421. The zero-order chi connectivity index (χ0) is 20.6. The molecule has 0 aliphatic heterocycles. The van der Waals surface area contributed by atoms with Crippen LogP contribution >= 0.6 is 0 Å². The number of hydrogen-bond donors (Lipinski definition) is 3. The van der Waals surface area contributed by atoms with Gasteiger partial charge in [-0.1, -0.05) is 33.1 Å². The summed E-state index contributed by atoms with van der Waals surface area (Å²) in [5.74, 6) is -0.257. The SMILES string of the molecule is CCC(CC)(CNC(=O)C1CCC(NC(=O)CC2CCCCC2)CC1)C(=O)O. The largest absolute Gasteiger partial charge is 0.481 e. The minimum Gasteiger partial charge on any atom is -0.481 e. The van der Waals surface area contributed by atoms with Crippen LogP contribution in [0.5, 0.6) is 0 Å². The molecule has 160 valence electrons. The van der Waals surface area contributed by atoms with Gasteiger partial charge in [0.15, 0.2) is 0 Å². The molecule has 2 aliphatic rings. The van der Waals surface area contributed by atoms with Gasteiger partial charge in [0.1, 0.15) is 0 Å². The third kappa shape index (κ3) is 6.21. The van der Waals surface area contributed by atoms with E-state index in [9.17, 15) is 19.5 Å². The van der Waals surface area contributed by atoms with E-state index in [2.05, 4.69) is 10.6 Å². The highest BCUT2D eigenvalue weighted by molar-refractivity contribution is 5.81. The van der Waals surface area contributed by atoms with Gasteiger partial charge in [-0.25, -0.2) is 0 Å². The fourth-order valence-electron chi connectivity index (χ4n) is 4.72. The van der Waals surface area contributed by atoms with Crippen LogP contribution in [0.25, 0.3) is 0 Å². The van der Waals surface area contributed by atoms with Gasteiger partial charge in [-0.15, -0.1) is 0 Å². The van der Waals surface area contributed by atoms with Gasteiger partial charge < -0.3 is 15.7 Å². The smallest absolute Gasteiger partial charge is 0.311 e. The molecule has 0 aromatic heterocycles. The molecule has 2 amide bonds. The van der Waals surface area contributed by atoms with Crippen LogP contribution in [0.15, 0.2) is 0 Å². The van der Waals surface area contributed by atoms with Crippen molar-refractivity contribution in [3.05, 3.63) is 0 Å². The number of amides is 2. The predicted molar refractivity (Wildman–Crippen MR) is 109 cm³/mol. The Balaban J connectivity index is 1.71. The van der Waals surface area contributed by atoms with E-state index in [-0.39, 0.29) is 30.3 Å². The van der Waals surface area contributed by atoms with Crippen molar-refractivity contribution in [1.29, 1.82) is 0 Å². The molecule has 2 fully saturated rings. The molecule has 0 atom stereocenters. The second-order valence-corrected chi connectivity index (χ2v) is 8.83. The number of rotatable bonds is 9. The van der Waals surface area contributed by atoms with Gasteiger partial charge in [-0.05, 0) is 57.3 Å². The molecule has 0 aromatic rings. The molecular weight excluding hydrogens is 356 g/mol. The number of aliphatic carboxylic acids is 1. The summed E-state index contributed by atoms with van der Waals surface area (Å²) in [4.78, 5) is 36.4. The molecule has 0 spiro atoms. The molecular formula is C22H38N2O4. The molecule has 2 aliphatic carbocycles. The van der Waals surface area contributed by atoms with Gasteiger partial charge in [0.2, 0.25) is 11.8 Å². The summed E-state index contributed by atoms with van der Waals surface area (Å²) in [5.41, 5.74) is -0.875. The fraction of sp³-hybridized carbons (Fsp3) is 0.864. The molecule has 0 unspecified atom stereocenters. The summed E-state index contributed by atoms with van der Waals surface area (Å²) in [6, 6.07) is 0.171. The van der Waals surface area contributed by atoms with Crippen molar-refractivity contribution in [2.24, 2.45) is 17.3 Å². The van der Waals surface area contributed by atoms with E-state index in [1.807, 2.05) is 13.8 Å². The maximum absolute atomic E-state index is 12.5. The summed E-state index contributed by atoms with van der Waals surface area (Å²) in [6.07, 6.45) is 10.9. The number of carbonyl (C=O) groups is 3. The first kappa shape index (κ1) is 22.7. The number of hydrogen-bond acceptors (Lipinski definition) is 3. The maximum Gasteiger partial charge on any atom is 0.311 e. The van der Waals surface area contributed by atoms with Crippen LogP contribution in [0, 0.1) is 17.3 Å². The molecule has 28 heavy (non-hydrogen) atoms. The zero-order valence-electron chi connectivity index (χ0n) is 17.6. The lowest BCUT2D eigenvalue weighted by Gasteiger charge is -2.31. The number of nitrogens with one attached hydrogen (secondary N) is 2. The standard InChI is InChI=1S/C22H38N2O4/c1-3-22(4-2,21(27)28)15-23-20(26)17-10-12-18(13-11-17)24-19(25)14-16-8-6-5-7-9-16/h16-18H,3-15H2,1-2H3,(H,23,26)(H,24,25)(H,27,28). The Hall–Kier alpha value is -1.59. The lowest BCUT2D eigenvalue weighted by Crippen LogP contribution is -2.46. The van der Waals surface area contributed by atoms with Gasteiger partial charge in [0, 0.05) is 24.9 Å². The van der Waals surface area contributed by atoms with E-state index >= 15 is 0 Å². The topological polar surface area (TPSA) is 95.5 Å². The molecule has 6 heteroatoms. The first-order valence-corrected chi connectivity index (χ1v) is 11.2.